The molecule has 0 spiro atoms. The number of benzene rings is 1. The van der Waals surface area contributed by atoms with E-state index in [9.17, 15) is 5.11 Å². The van der Waals surface area contributed by atoms with Crippen molar-refractivity contribution in [3.8, 4) is 0 Å². The van der Waals surface area contributed by atoms with Gasteiger partial charge in [-0.2, -0.15) is 0 Å². The first-order valence-corrected chi connectivity index (χ1v) is 32.8. The molecular formula is C51H91NO5SSi3. The van der Waals surface area contributed by atoms with Crippen LogP contribution < -0.4 is 0 Å². The lowest BCUT2D eigenvalue weighted by molar-refractivity contribution is -0.141. The molecule has 0 aliphatic carbocycles. The molecule has 2 rings (SSSR count). The number of hydrogen-bond acceptors (Lipinski definition) is 7. The number of allylic oxidation sites excluding steroid dienone is 1. The zero-order valence-corrected chi connectivity index (χ0v) is 46.7. The van der Waals surface area contributed by atoms with E-state index in [-0.39, 0.29) is 51.5 Å². The SMILES string of the molecule is C/C(=C\C[C@H](O[Si](C)(C)C(C)(C)C)/C(C)=C/c1csc(C)n1)CCC[C@H](C)[C@@H](O[Si](C)(C)C(C)(C)C)[C@H](Cc1ccccc1)C(=O)C(C)(C)[C@H](CCO)O[Si](C)(C)C(C)(C)C. The molecule has 348 valence electrons. The van der Waals surface area contributed by atoms with E-state index in [0.717, 1.165) is 41.9 Å². The first kappa shape index (κ1) is 55.6. The minimum atomic E-state index is -2.33. The highest BCUT2D eigenvalue weighted by Gasteiger charge is 2.50. The molecule has 0 unspecified atom stereocenters. The van der Waals surface area contributed by atoms with Crippen molar-refractivity contribution in [2.24, 2.45) is 17.3 Å². The molecule has 61 heavy (non-hydrogen) atoms. The molecule has 0 amide bonds. The summed E-state index contributed by atoms with van der Waals surface area (Å²) in [6, 6.07) is 10.5. The molecule has 6 nitrogen and oxygen atoms in total. The fraction of sp³-hybridized carbons (Fsp3) is 0.725. The summed E-state index contributed by atoms with van der Waals surface area (Å²) in [6.07, 6.45) is 8.65. The molecule has 1 N–H and O–H groups in total. The van der Waals surface area contributed by atoms with Gasteiger partial charge in [0.2, 0.25) is 0 Å². The van der Waals surface area contributed by atoms with Crippen LogP contribution in [0.25, 0.3) is 6.08 Å². The maximum atomic E-state index is 15.5. The lowest BCUT2D eigenvalue weighted by atomic mass is 9.70. The predicted octanol–water partition coefficient (Wildman–Crippen LogP) is 15.0. The normalized spacial score (nSPS) is 17.0. The van der Waals surface area contributed by atoms with Crippen molar-refractivity contribution >= 4 is 48.1 Å². The van der Waals surface area contributed by atoms with Crippen molar-refractivity contribution in [1.82, 2.24) is 4.98 Å². The van der Waals surface area contributed by atoms with E-state index in [1.54, 1.807) is 11.3 Å². The highest BCUT2D eigenvalue weighted by Crippen LogP contribution is 2.45. The van der Waals surface area contributed by atoms with Gasteiger partial charge in [0.25, 0.3) is 0 Å². The van der Waals surface area contributed by atoms with Gasteiger partial charge in [0.15, 0.2) is 25.0 Å². The van der Waals surface area contributed by atoms with Crippen molar-refractivity contribution in [3.63, 3.8) is 0 Å². The molecule has 0 saturated heterocycles. The summed E-state index contributed by atoms with van der Waals surface area (Å²) in [5.41, 5.74) is 3.88. The van der Waals surface area contributed by atoms with E-state index in [0.29, 0.717) is 12.8 Å². The Bertz CT molecular complexity index is 1730. The second-order valence-corrected chi connectivity index (χ2v) is 38.6. The van der Waals surface area contributed by atoms with E-state index in [4.69, 9.17) is 18.3 Å². The zero-order chi connectivity index (χ0) is 47.0. The second-order valence-electron chi connectivity index (χ2n) is 23.3. The summed E-state index contributed by atoms with van der Waals surface area (Å²) in [7, 11) is -6.64. The number of ketones is 1. The standard InChI is InChI=1S/C51H91NO5SSi3/c1-37(30-31-44(55-59(16,17)48(5,6)7)39(3)34-42-36-58-40(4)52-42)26-25-27-38(2)46(57-61(20,21)50(11,12)13)43(35-41-28-23-22-24-29-41)47(54)51(14,15)45(32-33-53)56-60(18,19)49(8,9)10/h22-24,28-30,34,36,38,43-46,53H,25-27,31-33,35H2,1-21H3/b37-30+,39-34+/t38-,43-,44-,45-,46+/m0/s1. The number of aromatic nitrogens is 1. The van der Waals surface area contributed by atoms with Crippen molar-refractivity contribution in [3.05, 3.63) is 69.2 Å². The van der Waals surface area contributed by atoms with Gasteiger partial charge in [0.1, 0.15) is 5.78 Å². The topological polar surface area (TPSA) is 77.9 Å². The van der Waals surface area contributed by atoms with Crippen LogP contribution in [0.2, 0.25) is 54.4 Å². The number of Topliss-reactive ketones (excluding diaryl/α,β-unsaturated/α-hetero) is 1. The Labute approximate surface area is 382 Å². The van der Waals surface area contributed by atoms with Gasteiger partial charge in [-0.25, -0.2) is 4.98 Å². The maximum Gasteiger partial charge on any atom is 0.192 e. The highest BCUT2D eigenvalue weighted by atomic mass is 32.1. The second kappa shape index (κ2) is 22.1. The van der Waals surface area contributed by atoms with Crippen LogP contribution in [0.1, 0.15) is 145 Å². The number of carbonyl (C=O) groups is 1. The van der Waals surface area contributed by atoms with E-state index < -0.39 is 36.5 Å². The first-order chi connectivity index (χ1) is 27.7. The van der Waals surface area contributed by atoms with E-state index >= 15 is 4.79 Å². The average Bonchev–Trinajstić information content (AvgIpc) is 3.53. The van der Waals surface area contributed by atoms with Gasteiger partial charge in [-0.05, 0) is 137 Å². The summed E-state index contributed by atoms with van der Waals surface area (Å²) in [6.45, 7) is 47.2. The molecular weight excluding hydrogens is 823 g/mol. The molecule has 0 saturated carbocycles. The van der Waals surface area contributed by atoms with Crippen molar-refractivity contribution in [2.75, 3.05) is 6.61 Å². The Morgan fingerprint density at radius 3 is 1.82 bits per heavy atom. The number of hydrogen-bond donors (Lipinski definition) is 1. The van der Waals surface area contributed by atoms with Crippen molar-refractivity contribution in [2.45, 2.75) is 215 Å². The monoisotopic (exact) mass is 914 g/mol. The minimum absolute atomic E-state index is 0.0115. The molecule has 0 aliphatic heterocycles. The van der Waals surface area contributed by atoms with Crippen LogP contribution in [-0.2, 0) is 24.5 Å². The molecule has 2 aromatic rings. The van der Waals surface area contributed by atoms with Crippen molar-refractivity contribution in [1.29, 1.82) is 0 Å². The third kappa shape index (κ3) is 16.2. The summed E-state index contributed by atoms with van der Waals surface area (Å²) < 4.78 is 21.6. The molecule has 10 heteroatoms. The summed E-state index contributed by atoms with van der Waals surface area (Å²) in [5, 5.41) is 13.6. The molecule has 0 fully saturated rings. The van der Waals surface area contributed by atoms with Crippen molar-refractivity contribution < 1.29 is 23.2 Å². The number of thiazole rings is 1. The fourth-order valence-electron chi connectivity index (χ4n) is 7.10. The number of aliphatic hydroxyl groups excluding tert-OH is 1. The van der Waals surface area contributed by atoms with E-state index in [2.05, 4.69) is 185 Å². The number of nitrogens with zero attached hydrogens (tertiary/aromatic N) is 1. The third-order valence-electron chi connectivity index (χ3n) is 14.6. The molecule has 5 atom stereocenters. The van der Waals surface area contributed by atoms with Crippen LogP contribution in [0.5, 0.6) is 0 Å². The van der Waals surface area contributed by atoms with Gasteiger partial charge in [0.05, 0.1) is 29.0 Å². The average molecular weight is 915 g/mol. The smallest absolute Gasteiger partial charge is 0.192 e. The van der Waals surface area contributed by atoms with Gasteiger partial charge in [0, 0.05) is 23.3 Å². The highest BCUT2D eigenvalue weighted by molar-refractivity contribution is 7.09. The zero-order valence-electron chi connectivity index (χ0n) is 42.9. The van der Waals surface area contributed by atoms with Crippen LogP contribution in [-0.4, -0.2) is 65.7 Å². The molecule has 0 aliphatic rings. The van der Waals surface area contributed by atoms with Crippen LogP contribution in [0.3, 0.4) is 0 Å². The Kier molecular flexibility index (Phi) is 20.2. The van der Waals surface area contributed by atoms with Gasteiger partial charge in [-0.15, -0.1) is 11.3 Å². The number of rotatable bonds is 23. The Balaban J connectivity index is 2.53. The van der Waals surface area contributed by atoms with Crippen LogP contribution in [0.4, 0.5) is 0 Å². The van der Waals surface area contributed by atoms with Crippen LogP contribution >= 0.6 is 11.3 Å². The largest absolute Gasteiger partial charge is 0.413 e. The summed E-state index contributed by atoms with van der Waals surface area (Å²) in [5.74, 6) is -0.0783. The minimum Gasteiger partial charge on any atom is -0.413 e. The molecule has 0 bridgehead atoms. The molecule has 0 radical (unpaired) electrons. The molecule has 1 aromatic carbocycles. The maximum absolute atomic E-state index is 15.5. The fourth-order valence-corrected chi connectivity index (χ4v) is 11.9. The van der Waals surface area contributed by atoms with Gasteiger partial charge in [-0.1, -0.05) is 125 Å². The van der Waals surface area contributed by atoms with Crippen LogP contribution in [0.15, 0.2) is 52.9 Å². The Hall–Kier alpha value is -1.51. The third-order valence-corrected chi connectivity index (χ3v) is 28.8. The summed E-state index contributed by atoms with van der Waals surface area (Å²) >= 11 is 1.68. The van der Waals surface area contributed by atoms with E-state index in [1.807, 2.05) is 6.07 Å². The first-order valence-electron chi connectivity index (χ1n) is 23.2. The number of aliphatic hydroxyl groups is 1. The number of aryl methyl sites for hydroxylation is 1. The van der Waals surface area contributed by atoms with Crippen LogP contribution in [0, 0.1) is 24.2 Å². The predicted molar refractivity (Wildman–Crippen MR) is 272 cm³/mol. The quantitative estimate of drug-likeness (QED) is 0.0884. The molecule has 1 heterocycles. The van der Waals surface area contributed by atoms with Gasteiger partial charge < -0.3 is 18.4 Å². The van der Waals surface area contributed by atoms with E-state index in [1.165, 1.54) is 11.1 Å². The van der Waals surface area contributed by atoms with Gasteiger partial charge >= 0.3 is 0 Å². The molecule has 1 aromatic heterocycles. The number of carbonyl (C=O) groups excluding carboxylic acids is 1. The Morgan fingerprint density at radius 1 is 0.803 bits per heavy atom. The Morgan fingerprint density at radius 2 is 1.33 bits per heavy atom. The summed E-state index contributed by atoms with van der Waals surface area (Å²) in [4.78, 5) is 20.2. The lowest BCUT2D eigenvalue weighted by Gasteiger charge is -2.47. The lowest BCUT2D eigenvalue weighted by Crippen LogP contribution is -2.55. The van der Waals surface area contributed by atoms with Gasteiger partial charge in [-0.3, -0.25) is 4.79 Å².